The molecule has 5 heteroatoms. The molecule has 0 aromatic heterocycles. The van der Waals surface area contributed by atoms with Crippen LogP contribution in [0.4, 0.5) is 0 Å². The van der Waals surface area contributed by atoms with Crippen molar-refractivity contribution in [3.05, 3.63) is 23.8 Å². The first-order valence-electron chi connectivity index (χ1n) is 6.25. The molecule has 1 rings (SSSR count). The van der Waals surface area contributed by atoms with Crippen LogP contribution in [0.5, 0.6) is 11.5 Å². The molecule has 0 saturated carbocycles. The lowest BCUT2D eigenvalue weighted by molar-refractivity contribution is 0.0758. The van der Waals surface area contributed by atoms with Gasteiger partial charge in [0.1, 0.15) is 17.1 Å². The Morgan fingerprint density at radius 2 is 1.84 bits per heavy atom. The number of hydrogen-bond donors (Lipinski definition) is 0. The van der Waals surface area contributed by atoms with E-state index < -0.39 is 0 Å². The van der Waals surface area contributed by atoms with Crippen LogP contribution in [0.2, 0.25) is 0 Å². The van der Waals surface area contributed by atoms with E-state index in [1.165, 1.54) is 0 Å². The van der Waals surface area contributed by atoms with E-state index in [4.69, 9.17) is 21.1 Å². The monoisotopic (exact) mass is 285 g/mol. The van der Waals surface area contributed by atoms with Crippen molar-refractivity contribution < 1.29 is 14.3 Å². The minimum atomic E-state index is -0.0954. The maximum atomic E-state index is 12.6. The highest BCUT2D eigenvalue weighted by Gasteiger charge is 2.22. The van der Waals surface area contributed by atoms with Gasteiger partial charge in [-0.1, -0.05) is 6.07 Å². The van der Waals surface area contributed by atoms with Crippen LogP contribution in [0.25, 0.3) is 0 Å². The van der Waals surface area contributed by atoms with Crippen LogP contribution >= 0.6 is 11.6 Å². The molecule has 19 heavy (non-hydrogen) atoms. The van der Waals surface area contributed by atoms with Crippen molar-refractivity contribution in [2.45, 2.75) is 13.3 Å². The first-order valence-corrected chi connectivity index (χ1v) is 6.79. The molecule has 0 aliphatic heterocycles. The van der Waals surface area contributed by atoms with Crippen LogP contribution in [0.15, 0.2) is 18.2 Å². The van der Waals surface area contributed by atoms with Gasteiger partial charge in [0, 0.05) is 19.0 Å². The van der Waals surface area contributed by atoms with Gasteiger partial charge in [0.15, 0.2) is 0 Å². The average molecular weight is 286 g/mol. The number of methoxy groups -OCH3 is 2. The van der Waals surface area contributed by atoms with Crippen LogP contribution in [0, 0.1) is 0 Å². The molecule has 0 aliphatic rings. The van der Waals surface area contributed by atoms with Crippen LogP contribution in [-0.4, -0.2) is 44.0 Å². The summed E-state index contributed by atoms with van der Waals surface area (Å²) >= 11 is 5.68. The molecule has 0 N–H and O–H groups in total. The average Bonchev–Trinajstić information content (AvgIpc) is 2.46. The highest BCUT2D eigenvalue weighted by atomic mass is 35.5. The molecular weight excluding hydrogens is 266 g/mol. The van der Waals surface area contributed by atoms with E-state index in [1.807, 2.05) is 6.92 Å². The van der Waals surface area contributed by atoms with Crippen LogP contribution in [0.3, 0.4) is 0 Å². The maximum Gasteiger partial charge on any atom is 0.261 e. The molecule has 1 aromatic carbocycles. The minimum absolute atomic E-state index is 0.0954. The SMILES string of the molecule is CCN(CCCCl)C(=O)c1c(OC)cccc1OC. The standard InChI is InChI=1S/C14H20ClNO3/c1-4-16(10-6-9-15)14(17)13-11(18-2)7-5-8-12(13)19-3/h5,7-8H,4,6,9-10H2,1-3H3. The summed E-state index contributed by atoms with van der Waals surface area (Å²) in [6.07, 6.45) is 0.763. The summed E-state index contributed by atoms with van der Waals surface area (Å²) in [6.45, 7) is 3.19. The van der Waals surface area contributed by atoms with Crippen molar-refractivity contribution in [3.63, 3.8) is 0 Å². The summed E-state index contributed by atoms with van der Waals surface area (Å²) < 4.78 is 10.5. The number of carbonyl (C=O) groups excluding carboxylic acids is 1. The lowest BCUT2D eigenvalue weighted by atomic mass is 10.1. The van der Waals surface area contributed by atoms with E-state index in [-0.39, 0.29) is 5.91 Å². The molecule has 1 aromatic rings. The lowest BCUT2D eigenvalue weighted by Gasteiger charge is -2.22. The first kappa shape index (κ1) is 15.6. The van der Waals surface area contributed by atoms with E-state index in [0.29, 0.717) is 36.0 Å². The van der Waals surface area contributed by atoms with E-state index in [2.05, 4.69) is 0 Å². The highest BCUT2D eigenvalue weighted by molar-refractivity contribution is 6.17. The fourth-order valence-electron chi connectivity index (χ4n) is 1.87. The number of amides is 1. The normalized spacial score (nSPS) is 10.1. The van der Waals surface area contributed by atoms with Crippen LogP contribution in [-0.2, 0) is 0 Å². The zero-order valence-electron chi connectivity index (χ0n) is 11.6. The van der Waals surface area contributed by atoms with Crippen molar-refractivity contribution in [1.82, 2.24) is 4.90 Å². The van der Waals surface area contributed by atoms with Crippen molar-refractivity contribution in [3.8, 4) is 11.5 Å². The van der Waals surface area contributed by atoms with Gasteiger partial charge in [0.2, 0.25) is 0 Å². The summed E-state index contributed by atoms with van der Waals surface area (Å²) in [5.74, 6) is 1.48. The van der Waals surface area contributed by atoms with Gasteiger partial charge in [-0.3, -0.25) is 4.79 Å². The lowest BCUT2D eigenvalue weighted by Crippen LogP contribution is -2.32. The number of carbonyl (C=O) groups is 1. The number of benzene rings is 1. The highest BCUT2D eigenvalue weighted by Crippen LogP contribution is 2.29. The molecule has 0 aliphatic carbocycles. The van der Waals surface area contributed by atoms with Gasteiger partial charge >= 0.3 is 0 Å². The quantitative estimate of drug-likeness (QED) is 0.723. The number of rotatable bonds is 7. The topological polar surface area (TPSA) is 38.8 Å². The van der Waals surface area contributed by atoms with E-state index in [9.17, 15) is 4.79 Å². The van der Waals surface area contributed by atoms with Gasteiger partial charge in [-0.25, -0.2) is 0 Å². The molecule has 4 nitrogen and oxygen atoms in total. The summed E-state index contributed by atoms with van der Waals surface area (Å²) in [6, 6.07) is 5.31. The van der Waals surface area contributed by atoms with Gasteiger partial charge < -0.3 is 14.4 Å². The Kier molecular flexibility index (Phi) is 6.50. The summed E-state index contributed by atoms with van der Waals surface area (Å²) in [5, 5.41) is 0. The number of hydrogen-bond acceptors (Lipinski definition) is 3. The molecule has 1 amide bonds. The van der Waals surface area contributed by atoms with Gasteiger partial charge in [-0.05, 0) is 25.5 Å². The summed E-state index contributed by atoms with van der Waals surface area (Å²) in [7, 11) is 3.08. The zero-order chi connectivity index (χ0) is 14.3. The molecule has 0 bridgehead atoms. The van der Waals surface area contributed by atoms with Crippen molar-refractivity contribution >= 4 is 17.5 Å². The fourth-order valence-corrected chi connectivity index (χ4v) is 1.99. The molecule has 106 valence electrons. The third-order valence-electron chi connectivity index (χ3n) is 2.87. The molecule has 0 fully saturated rings. The Morgan fingerprint density at radius 3 is 2.26 bits per heavy atom. The van der Waals surface area contributed by atoms with E-state index in [1.54, 1.807) is 37.3 Å². The third kappa shape index (κ3) is 3.77. The summed E-state index contributed by atoms with van der Waals surface area (Å²) in [4.78, 5) is 14.3. The van der Waals surface area contributed by atoms with Gasteiger partial charge in [-0.2, -0.15) is 0 Å². The Balaban J connectivity index is 3.08. The molecule has 0 heterocycles. The number of alkyl halides is 1. The summed E-state index contributed by atoms with van der Waals surface area (Å²) in [5.41, 5.74) is 0.462. The Morgan fingerprint density at radius 1 is 1.26 bits per heavy atom. The third-order valence-corrected chi connectivity index (χ3v) is 3.14. The van der Waals surface area contributed by atoms with E-state index >= 15 is 0 Å². The predicted molar refractivity (Wildman–Crippen MR) is 76.5 cm³/mol. The van der Waals surface area contributed by atoms with Crippen LogP contribution < -0.4 is 9.47 Å². The van der Waals surface area contributed by atoms with Crippen molar-refractivity contribution in [2.24, 2.45) is 0 Å². The maximum absolute atomic E-state index is 12.6. The second-order valence-corrected chi connectivity index (χ2v) is 4.34. The number of nitrogens with zero attached hydrogens (tertiary/aromatic N) is 1. The number of ether oxygens (including phenoxy) is 2. The smallest absolute Gasteiger partial charge is 0.261 e. The Hall–Kier alpha value is -1.42. The van der Waals surface area contributed by atoms with Gasteiger partial charge in [0.25, 0.3) is 5.91 Å². The molecule has 0 spiro atoms. The number of halogens is 1. The second-order valence-electron chi connectivity index (χ2n) is 3.96. The van der Waals surface area contributed by atoms with Crippen LogP contribution in [0.1, 0.15) is 23.7 Å². The molecular formula is C14H20ClNO3. The second kappa shape index (κ2) is 7.89. The Bertz CT molecular complexity index is 401. The predicted octanol–water partition coefficient (Wildman–Crippen LogP) is 2.79. The van der Waals surface area contributed by atoms with Crippen molar-refractivity contribution in [2.75, 3.05) is 33.2 Å². The molecule has 0 radical (unpaired) electrons. The van der Waals surface area contributed by atoms with Crippen molar-refractivity contribution in [1.29, 1.82) is 0 Å². The van der Waals surface area contributed by atoms with Gasteiger partial charge in [-0.15, -0.1) is 11.6 Å². The largest absolute Gasteiger partial charge is 0.496 e. The molecule has 0 unspecified atom stereocenters. The fraction of sp³-hybridized carbons (Fsp3) is 0.500. The zero-order valence-corrected chi connectivity index (χ0v) is 12.4. The first-order chi connectivity index (χ1) is 9.19. The molecule has 0 saturated heterocycles. The van der Waals surface area contributed by atoms with E-state index in [0.717, 1.165) is 6.42 Å². The molecule has 0 atom stereocenters. The minimum Gasteiger partial charge on any atom is -0.496 e. The Labute approximate surface area is 119 Å². The van der Waals surface area contributed by atoms with Gasteiger partial charge in [0.05, 0.1) is 14.2 Å².